The number of nitrogens with one attached hydrogen (secondary N) is 1. The maximum absolute atomic E-state index is 14.3. The summed E-state index contributed by atoms with van der Waals surface area (Å²) in [4.78, 5) is 19.1. The first-order valence-corrected chi connectivity index (χ1v) is 11.7. The van der Waals surface area contributed by atoms with E-state index in [1.807, 2.05) is 11.8 Å². The molecule has 0 spiro atoms. The van der Waals surface area contributed by atoms with Gasteiger partial charge in [0, 0.05) is 18.7 Å². The zero-order chi connectivity index (χ0) is 24.4. The summed E-state index contributed by atoms with van der Waals surface area (Å²) in [5, 5.41) is 17.1. The fraction of sp³-hybridized carbons (Fsp3) is 0.409. The number of anilines is 3. The van der Waals surface area contributed by atoms with Gasteiger partial charge in [0.1, 0.15) is 28.1 Å². The molecular weight excluding hydrogens is 469 g/mol. The normalized spacial score (nSPS) is 16.6. The van der Waals surface area contributed by atoms with E-state index >= 15 is 0 Å². The average molecular weight is 495 g/mol. The predicted molar refractivity (Wildman–Crippen MR) is 125 cm³/mol. The van der Waals surface area contributed by atoms with Crippen LogP contribution in [0.2, 0.25) is 0 Å². The molecule has 0 bridgehead atoms. The van der Waals surface area contributed by atoms with Crippen molar-refractivity contribution in [3.63, 3.8) is 0 Å². The van der Waals surface area contributed by atoms with Crippen LogP contribution in [0.4, 0.5) is 29.7 Å². The fourth-order valence-electron chi connectivity index (χ4n) is 3.95. The monoisotopic (exact) mass is 494 g/mol. The van der Waals surface area contributed by atoms with Gasteiger partial charge in [0.05, 0.1) is 12.3 Å². The van der Waals surface area contributed by atoms with E-state index in [1.165, 1.54) is 12.3 Å². The van der Waals surface area contributed by atoms with E-state index in [0.717, 1.165) is 21.6 Å². The third-order valence-electron chi connectivity index (χ3n) is 5.59. The van der Waals surface area contributed by atoms with Crippen LogP contribution >= 0.6 is 11.3 Å². The van der Waals surface area contributed by atoms with Crippen LogP contribution in [0.5, 0.6) is 0 Å². The molecule has 8 nitrogen and oxygen atoms in total. The average Bonchev–Trinajstić information content (AvgIpc) is 3.27. The minimum atomic E-state index is -2.64. The number of benzene rings is 1. The van der Waals surface area contributed by atoms with Crippen molar-refractivity contribution in [2.24, 2.45) is 0 Å². The van der Waals surface area contributed by atoms with Crippen LogP contribution in [-0.2, 0) is 6.54 Å². The summed E-state index contributed by atoms with van der Waals surface area (Å²) in [6.07, 6.45) is -0.0584. The highest BCUT2D eigenvalue weighted by atomic mass is 32.1. The third kappa shape index (κ3) is 5.17. The first-order valence-electron chi connectivity index (χ1n) is 10.8. The Bertz CT molecular complexity index is 1180. The van der Waals surface area contributed by atoms with Gasteiger partial charge < -0.3 is 21.1 Å². The van der Waals surface area contributed by atoms with Crippen molar-refractivity contribution in [2.45, 2.75) is 45.3 Å². The molecule has 1 aliphatic heterocycles. The van der Waals surface area contributed by atoms with E-state index in [1.54, 1.807) is 12.1 Å². The lowest BCUT2D eigenvalue weighted by Crippen LogP contribution is -2.29. The number of rotatable bonds is 6. The molecule has 1 atom stereocenters. The molecular formula is C22H25F3N6O2S. The SMILES string of the molecule is Cc1ccc(F)c(-c2nc(C(=O)Nc3cnn(CC(F)F)c3N3CCCC(O)CC3)c(N)s2)c1. The summed E-state index contributed by atoms with van der Waals surface area (Å²) in [5.41, 5.74) is 7.24. The van der Waals surface area contributed by atoms with Crippen LogP contribution in [0.1, 0.15) is 35.3 Å². The molecule has 2 aromatic heterocycles. The minimum Gasteiger partial charge on any atom is -0.393 e. The van der Waals surface area contributed by atoms with Gasteiger partial charge in [-0.1, -0.05) is 23.0 Å². The van der Waals surface area contributed by atoms with Crippen LogP contribution < -0.4 is 16.0 Å². The highest BCUT2D eigenvalue weighted by Crippen LogP contribution is 2.34. The summed E-state index contributed by atoms with van der Waals surface area (Å²) < 4.78 is 41.8. The van der Waals surface area contributed by atoms with Crippen molar-refractivity contribution in [3.05, 3.63) is 41.5 Å². The van der Waals surface area contributed by atoms with Crippen LogP contribution in [0.3, 0.4) is 0 Å². The van der Waals surface area contributed by atoms with Crippen molar-refractivity contribution in [1.82, 2.24) is 14.8 Å². The molecule has 1 aromatic carbocycles. The number of amides is 1. The summed E-state index contributed by atoms with van der Waals surface area (Å²) >= 11 is 0.986. The maximum atomic E-state index is 14.3. The van der Waals surface area contributed by atoms with Crippen LogP contribution in [-0.4, -0.2) is 51.4 Å². The summed E-state index contributed by atoms with van der Waals surface area (Å²) in [6, 6.07) is 4.57. The Morgan fingerprint density at radius 3 is 2.91 bits per heavy atom. The van der Waals surface area contributed by atoms with E-state index in [-0.39, 0.29) is 27.0 Å². The highest BCUT2D eigenvalue weighted by Gasteiger charge is 2.26. The standard InChI is InChI=1S/C22H25F3N6O2S/c1-12-4-5-15(23)14(9-12)21-29-18(19(26)34-21)20(33)28-16-10-27-31(11-17(24)25)22(16)30-7-2-3-13(32)6-8-30/h4-5,9-10,13,17,32H,2-3,6-8,11,26H2,1H3,(H,28,33). The molecule has 34 heavy (non-hydrogen) atoms. The molecule has 1 amide bonds. The van der Waals surface area contributed by atoms with Gasteiger partial charge in [0.15, 0.2) is 11.5 Å². The number of carbonyl (C=O) groups excluding carboxylic acids is 1. The number of aliphatic hydroxyl groups excluding tert-OH is 1. The molecule has 4 N–H and O–H groups in total. The minimum absolute atomic E-state index is 0.0836. The van der Waals surface area contributed by atoms with E-state index < -0.39 is 30.8 Å². The molecule has 12 heteroatoms. The van der Waals surface area contributed by atoms with Crippen LogP contribution in [0.25, 0.3) is 10.6 Å². The van der Waals surface area contributed by atoms with Crippen molar-refractivity contribution in [1.29, 1.82) is 0 Å². The summed E-state index contributed by atoms with van der Waals surface area (Å²) in [7, 11) is 0. The molecule has 3 aromatic rings. The number of alkyl halides is 2. The third-order valence-corrected chi connectivity index (χ3v) is 6.51. The summed E-state index contributed by atoms with van der Waals surface area (Å²) in [5.74, 6) is -0.799. The number of halogens is 3. The fourth-order valence-corrected chi connectivity index (χ4v) is 4.80. The largest absolute Gasteiger partial charge is 0.393 e. The van der Waals surface area contributed by atoms with Crippen LogP contribution in [0, 0.1) is 12.7 Å². The van der Waals surface area contributed by atoms with E-state index in [4.69, 9.17) is 5.73 Å². The Balaban J connectivity index is 1.63. The number of nitrogens with zero attached hydrogens (tertiary/aromatic N) is 4. The van der Waals surface area contributed by atoms with Crippen LogP contribution in [0.15, 0.2) is 24.4 Å². The molecule has 1 fully saturated rings. The van der Waals surface area contributed by atoms with Crippen molar-refractivity contribution in [2.75, 3.05) is 29.0 Å². The van der Waals surface area contributed by atoms with Crippen molar-refractivity contribution < 1.29 is 23.1 Å². The van der Waals surface area contributed by atoms with Gasteiger partial charge in [-0.05, 0) is 38.3 Å². The van der Waals surface area contributed by atoms with Crippen molar-refractivity contribution in [3.8, 4) is 10.6 Å². The second-order valence-electron chi connectivity index (χ2n) is 8.20. The Morgan fingerprint density at radius 2 is 2.15 bits per heavy atom. The first kappa shape index (κ1) is 24.0. The number of aliphatic hydroxyl groups is 1. The lowest BCUT2D eigenvalue weighted by atomic mass is 10.1. The number of aromatic nitrogens is 3. The molecule has 1 saturated heterocycles. The van der Waals surface area contributed by atoms with Gasteiger partial charge in [-0.15, -0.1) is 0 Å². The number of aryl methyl sites for hydroxylation is 1. The van der Waals surface area contributed by atoms with Gasteiger partial charge in [0.2, 0.25) is 0 Å². The van der Waals surface area contributed by atoms with Gasteiger partial charge in [-0.2, -0.15) is 5.10 Å². The number of hydrogen-bond acceptors (Lipinski definition) is 7. The Hall–Kier alpha value is -3.12. The molecule has 0 aliphatic carbocycles. The molecule has 4 rings (SSSR count). The number of nitrogens with two attached hydrogens (primary N) is 1. The Labute approximate surface area is 198 Å². The molecule has 3 heterocycles. The second-order valence-corrected chi connectivity index (χ2v) is 9.23. The molecule has 182 valence electrons. The number of nitrogen functional groups attached to an aromatic ring is 1. The van der Waals surface area contributed by atoms with E-state index in [0.29, 0.717) is 38.2 Å². The predicted octanol–water partition coefficient (Wildman–Crippen LogP) is 3.90. The smallest absolute Gasteiger partial charge is 0.277 e. The molecule has 1 unspecified atom stereocenters. The number of carbonyl (C=O) groups is 1. The van der Waals surface area contributed by atoms with Gasteiger partial charge in [-0.3, -0.25) is 4.79 Å². The van der Waals surface area contributed by atoms with E-state index in [2.05, 4.69) is 15.4 Å². The number of thiazole rings is 1. The molecule has 0 saturated carbocycles. The first-order chi connectivity index (χ1) is 16.2. The molecule has 1 aliphatic rings. The van der Waals surface area contributed by atoms with Gasteiger partial charge in [0.25, 0.3) is 12.3 Å². The topological polar surface area (TPSA) is 109 Å². The van der Waals surface area contributed by atoms with Crippen molar-refractivity contribution >= 4 is 33.8 Å². The van der Waals surface area contributed by atoms with Gasteiger partial charge >= 0.3 is 0 Å². The molecule has 0 radical (unpaired) electrons. The zero-order valence-corrected chi connectivity index (χ0v) is 19.3. The highest BCUT2D eigenvalue weighted by molar-refractivity contribution is 7.19. The Kier molecular flexibility index (Phi) is 7.08. The lowest BCUT2D eigenvalue weighted by molar-refractivity contribution is 0.102. The summed E-state index contributed by atoms with van der Waals surface area (Å²) in [6.45, 7) is 2.12. The van der Waals surface area contributed by atoms with E-state index in [9.17, 15) is 23.1 Å². The van der Waals surface area contributed by atoms with Gasteiger partial charge in [-0.25, -0.2) is 22.8 Å². The second kappa shape index (κ2) is 10.0. The number of hydrogen-bond donors (Lipinski definition) is 3. The lowest BCUT2D eigenvalue weighted by Gasteiger charge is -2.25. The quantitative estimate of drug-likeness (QED) is 0.480. The Morgan fingerprint density at radius 1 is 1.35 bits per heavy atom. The zero-order valence-electron chi connectivity index (χ0n) is 18.5. The maximum Gasteiger partial charge on any atom is 0.277 e.